The Bertz CT molecular complexity index is 610. The van der Waals surface area contributed by atoms with Crippen LogP contribution in [0.2, 0.25) is 10.0 Å². The monoisotopic (exact) mass is 285 g/mol. The second-order valence-electron chi connectivity index (χ2n) is 3.81. The first kappa shape index (κ1) is 12.9. The minimum atomic E-state index is -0.516. The van der Waals surface area contributed by atoms with Gasteiger partial charge < -0.3 is 10.1 Å². The highest BCUT2D eigenvalue weighted by molar-refractivity contribution is 6.42. The summed E-state index contributed by atoms with van der Waals surface area (Å²) in [7, 11) is 0. The molecule has 0 aliphatic rings. The highest BCUT2D eigenvalue weighted by Gasteiger charge is 2.15. The third-order valence-electron chi connectivity index (χ3n) is 2.47. The van der Waals surface area contributed by atoms with Crippen LogP contribution in [0.25, 0.3) is 0 Å². The van der Waals surface area contributed by atoms with Gasteiger partial charge in [-0.1, -0.05) is 29.3 Å². The Morgan fingerprint density at radius 1 is 1.33 bits per heavy atom. The van der Waals surface area contributed by atoms with Gasteiger partial charge in [-0.2, -0.15) is 4.68 Å². The molecular formula is C11H9Cl2N3O2. The van der Waals surface area contributed by atoms with Crippen molar-refractivity contribution in [1.29, 1.82) is 0 Å². The topological polar surface area (TPSA) is 61.0 Å². The van der Waals surface area contributed by atoms with Crippen LogP contribution in [0.1, 0.15) is 11.3 Å². The molecule has 0 aliphatic carbocycles. The summed E-state index contributed by atoms with van der Waals surface area (Å²) < 4.78 is 1.55. The molecular weight excluding hydrogens is 277 g/mol. The summed E-state index contributed by atoms with van der Waals surface area (Å²) in [4.78, 5) is 10.1. The standard InChI is InChI=1S/C11H9Cl2N3O2/c1-7-4-11(16(17)18)14-15(7)6-8-2-3-9(12)10(13)5-8/h2-5H,6H2,1H3. The lowest BCUT2D eigenvalue weighted by Crippen LogP contribution is -2.04. The van der Waals surface area contributed by atoms with Crippen molar-refractivity contribution in [2.75, 3.05) is 0 Å². The smallest absolute Gasteiger partial charge is 0.358 e. The van der Waals surface area contributed by atoms with Gasteiger partial charge in [-0.05, 0) is 29.5 Å². The van der Waals surface area contributed by atoms with Gasteiger partial charge in [0.2, 0.25) is 0 Å². The van der Waals surface area contributed by atoms with Gasteiger partial charge in [-0.3, -0.25) is 0 Å². The van der Waals surface area contributed by atoms with Gasteiger partial charge in [0.1, 0.15) is 0 Å². The lowest BCUT2D eigenvalue weighted by Gasteiger charge is -2.02. The summed E-state index contributed by atoms with van der Waals surface area (Å²) in [6, 6.07) is 6.64. The van der Waals surface area contributed by atoms with Gasteiger partial charge >= 0.3 is 5.82 Å². The van der Waals surface area contributed by atoms with Crippen molar-refractivity contribution in [3.63, 3.8) is 0 Å². The Morgan fingerprint density at radius 3 is 2.61 bits per heavy atom. The van der Waals surface area contributed by atoms with E-state index in [-0.39, 0.29) is 5.82 Å². The first-order valence-electron chi connectivity index (χ1n) is 5.10. The number of halogens is 2. The van der Waals surface area contributed by atoms with Crippen molar-refractivity contribution in [3.05, 3.63) is 55.7 Å². The molecule has 94 valence electrons. The third kappa shape index (κ3) is 2.63. The first-order valence-corrected chi connectivity index (χ1v) is 5.86. The molecule has 0 fully saturated rings. The molecule has 7 heteroatoms. The lowest BCUT2D eigenvalue weighted by atomic mass is 10.2. The van der Waals surface area contributed by atoms with Crippen LogP contribution in [0.4, 0.5) is 5.82 Å². The Balaban J connectivity index is 2.28. The number of nitro groups is 1. The van der Waals surface area contributed by atoms with E-state index in [1.165, 1.54) is 6.07 Å². The van der Waals surface area contributed by atoms with Crippen LogP contribution in [0.3, 0.4) is 0 Å². The van der Waals surface area contributed by atoms with E-state index in [1.54, 1.807) is 29.8 Å². The van der Waals surface area contributed by atoms with Crippen LogP contribution in [0.15, 0.2) is 24.3 Å². The van der Waals surface area contributed by atoms with E-state index in [0.717, 1.165) is 5.56 Å². The number of aryl methyl sites for hydroxylation is 1. The fourth-order valence-corrected chi connectivity index (χ4v) is 1.87. The predicted octanol–water partition coefficient (Wildman–Crippen LogP) is 3.45. The molecule has 0 aliphatic heterocycles. The van der Waals surface area contributed by atoms with Crippen LogP contribution in [-0.2, 0) is 6.54 Å². The average Bonchev–Trinajstić information content (AvgIpc) is 2.66. The number of hydrogen-bond donors (Lipinski definition) is 0. The number of aromatic nitrogens is 2. The highest BCUT2D eigenvalue weighted by Crippen LogP contribution is 2.23. The maximum absolute atomic E-state index is 10.6. The van der Waals surface area contributed by atoms with Crippen molar-refractivity contribution in [2.45, 2.75) is 13.5 Å². The van der Waals surface area contributed by atoms with Crippen molar-refractivity contribution >= 4 is 29.0 Å². The molecule has 1 aromatic carbocycles. The SMILES string of the molecule is Cc1cc([N+](=O)[O-])nn1Cc1ccc(Cl)c(Cl)c1. The summed E-state index contributed by atoms with van der Waals surface area (Å²) in [5.41, 5.74) is 1.60. The summed E-state index contributed by atoms with van der Waals surface area (Å²) in [6.45, 7) is 2.17. The van der Waals surface area contributed by atoms with E-state index in [2.05, 4.69) is 5.10 Å². The number of hydrogen-bond acceptors (Lipinski definition) is 3. The molecule has 18 heavy (non-hydrogen) atoms. The van der Waals surface area contributed by atoms with Gasteiger partial charge in [-0.15, -0.1) is 0 Å². The third-order valence-corrected chi connectivity index (χ3v) is 3.21. The Labute approximate surface area is 113 Å². The molecule has 0 amide bonds. The zero-order valence-corrected chi connectivity index (χ0v) is 10.9. The first-order chi connectivity index (χ1) is 8.47. The molecule has 2 aromatic rings. The van der Waals surface area contributed by atoms with E-state index >= 15 is 0 Å². The second-order valence-corrected chi connectivity index (χ2v) is 4.62. The summed E-state index contributed by atoms with van der Waals surface area (Å²) in [5.74, 6) is -0.160. The minimum Gasteiger partial charge on any atom is -0.358 e. The molecule has 1 heterocycles. The molecule has 5 nitrogen and oxygen atoms in total. The second kappa shape index (κ2) is 4.96. The summed E-state index contributed by atoms with van der Waals surface area (Å²) in [5, 5.41) is 15.4. The normalized spacial score (nSPS) is 10.6. The predicted molar refractivity (Wildman–Crippen MR) is 69.2 cm³/mol. The number of rotatable bonds is 3. The molecule has 0 unspecified atom stereocenters. The maximum atomic E-state index is 10.6. The molecule has 0 saturated carbocycles. The quantitative estimate of drug-likeness (QED) is 0.641. The van der Waals surface area contributed by atoms with Gasteiger partial charge in [0, 0.05) is 0 Å². The molecule has 0 atom stereocenters. The highest BCUT2D eigenvalue weighted by atomic mass is 35.5. The van der Waals surface area contributed by atoms with E-state index in [4.69, 9.17) is 23.2 Å². The van der Waals surface area contributed by atoms with Gasteiger partial charge in [-0.25, -0.2) is 0 Å². The maximum Gasteiger partial charge on any atom is 0.390 e. The van der Waals surface area contributed by atoms with E-state index < -0.39 is 4.92 Å². The van der Waals surface area contributed by atoms with Gasteiger partial charge in [0.25, 0.3) is 0 Å². The van der Waals surface area contributed by atoms with Crippen molar-refractivity contribution in [1.82, 2.24) is 9.78 Å². The molecule has 0 radical (unpaired) electrons. The Morgan fingerprint density at radius 2 is 2.06 bits per heavy atom. The largest absolute Gasteiger partial charge is 0.390 e. The van der Waals surface area contributed by atoms with Crippen LogP contribution in [-0.4, -0.2) is 14.7 Å². The zero-order valence-electron chi connectivity index (χ0n) is 9.43. The Kier molecular flexibility index (Phi) is 3.54. The zero-order chi connectivity index (χ0) is 13.3. The van der Waals surface area contributed by atoms with E-state index in [9.17, 15) is 10.1 Å². The molecule has 0 saturated heterocycles. The molecule has 2 rings (SSSR count). The van der Waals surface area contributed by atoms with Crippen LogP contribution in [0.5, 0.6) is 0 Å². The summed E-state index contributed by atoms with van der Waals surface area (Å²) >= 11 is 11.7. The minimum absolute atomic E-state index is 0.160. The van der Waals surface area contributed by atoms with Crippen LogP contribution in [0, 0.1) is 17.0 Å². The Hall–Kier alpha value is -1.59. The number of nitrogens with zero attached hydrogens (tertiary/aromatic N) is 3. The van der Waals surface area contributed by atoms with E-state index in [1.807, 2.05) is 0 Å². The fraction of sp³-hybridized carbons (Fsp3) is 0.182. The van der Waals surface area contributed by atoms with Gasteiger partial charge in [0.15, 0.2) is 0 Å². The molecule has 1 aromatic heterocycles. The van der Waals surface area contributed by atoms with Crippen molar-refractivity contribution in [2.24, 2.45) is 0 Å². The lowest BCUT2D eigenvalue weighted by molar-refractivity contribution is -0.389. The molecule has 0 spiro atoms. The van der Waals surface area contributed by atoms with Crippen LogP contribution >= 0.6 is 23.2 Å². The molecule has 0 bridgehead atoms. The van der Waals surface area contributed by atoms with Crippen molar-refractivity contribution < 1.29 is 4.92 Å². The van der Waals surface area contributed by atoms with Gasteiger partial charge in [0.05, 0.1) is 33.4 Å². The van der Waals surface area contributed by atoms with Crippen molar-refractivity contribution in [3.8, 4) is 0 Å². The average molecular weight is 286 g/mol. The fourth-order valence-electron chi connectivity index (χ4n) is 1.55. The van der Waals surface area contributed by atoms with E-state index in [0.29, 0.717) is 22.3 Å². The molecule has 0 N–H and O–H groups in total. The van der Waals surface area contributed by atoms with Crippen LogP contribution < -0.4 is 0 Å². The number of benzene rings is 1. The summed E-state index contributed by atoms with van der Waals surface area (Å²) in [6.07, 6.45) is 0.